The van der Waals surface area contributed by atoms with E-state index in [2.05, 4.69) is 31.1 Å². The Morgan fingerprint density at radius 2 is 1.73 bits per heavy atom. The van der Waals surface area contributed by atoms with Crippen LogP contribution in [0.25, 0.3) is 0 Å². The molecule has 1 unspecified atom stereocenters. The Morgan fingerprint density at radius 3 is 2.20 bits per heavy atom. The zero-order chi connectivity index (χ0) is 11.5. The van der Waals surface area contributed by atoms with Gasteiger partial charge in [-0.3, -0.25) is 11.3 Å². The lowest BCUT2D eigenvalue weighted by Gasteiger charge is -2.22. The lowest BCUT2D eigenvalue weighted by atomic mass is 10.1. The monoisotopic (exact) mass is 215 g/mol. The standard InChI is InChI=1S/C12H29N3/c1-4-7-8-9-12(14-13)10-11-15(5-2)6-3/h12,14H,4-11,13H2,1-3H3. The summed E-state index contributed by atoms with van der Waals surface area (Å²) in [6.45, 7) is 10.1. The van der Waals surface area contributed by atoms with Gasteiger partial charge >= 0.3 is 0 Å². The van der Waals surface area contributed by atoms with Crippen LogP contribution in [0.15, 0.2) is 0 Å². The second-order valence-corrected chi connectivity index (χ2v) is 4.17. The van der Waals surface area contributed by atoms with Gasteiger partial charge in [-0.1, -0.05) is 40.0 Å². The molecule has 0 aromatic rings. The van der Waals surface area contributed by atoms with E-state index in [0.29, 0.717) is 6.04 Å². The Morgan fingerprint density at radius 1 is 1.07 bits per heavy atom. The van der Waals surface area contributed by atoms with Gasteiger partial charge in [0.25, 0.3) is 0 Å². The van der Waals surface area contributed by atoms with Gasteiger partial charge in [0.05, 0.1) is 0 Å². The number of hydrogen-bond donors (Lipinski definition) is 2. The number of nitrogens with one attached hydrogen (secondary N) is 1. The molecule has 0 aliphatic heterocycles. The van der Waals surface area contributed by atoms with Crippen LogP contribution in [0, 0.1) is 0 Å². The van der Waals surface area contributed by atoms with Gasteiger partial charge in [-0.05, 0) is 32.5 Å². The Balaban J connectivity index is 3.59. The molecular formula is C12H29N3. The van der Waals surface area contributed by atoms with Crippen LogP contribution in [0.5, 0.6) is 0 Å². The third kappa shape index (κ3) is 7.77. The summed E-state index contributed by atoms with van der Waals surface area (Å²) in [5, 5.41) is 0. The van der Waals surface area contributed by atoms with E-state index in [9.17, 15) is 0 Å². The molecule has 0 spiro atoms. The van der Waals surface area contributed by atoms with E-state index in [1.807, 2.05) is 0 Å². The van der Waals surface area contributed by atoms with Crippen LogP contribution in [-0.2, 0) is 0 Å². The number of unbranched alkanes of at least 4 members (excludes halogenated alkanes) is 2. The third-order valence-corrected chi connectivity index (χ3v) is 3.08. The topological polar surface area (TPSA) is 41.3 Å². The molecule has 0 amide bonds. The first-order valence-electron chi connectivity index (χ1n) is 6.46. The maximum Gasteiger partial charge on any atom is 0.0222 e. The molecular weight excluding hydrogens is 186 g/mol. The van der Waals surface area contributed by atoms with Gasteiger partial charge in [0.15, 0.2) is 0 Å². The van der Waals surface area contributed by atoms with E-state index in [0.717, 1.165) is 19.6 Å². The molecule has 0 rings (SSSR count). The van der Waals surface area contributed by atoms with Crippen molar-refractivity contribution in [2.24, 2.45) is 5.84 Å². The highest BCUT2D eigenvalue weighted by Crippen LogP contribution is 2.06. The first kappa shape index (κ1) is 14.9. The molecule has 0 bridgehead atoms. The molecule has 0 radical (unpaired) electrons. The van der Waals surface area contributed by atoms with Crippen LogP contribution >= 0.6 is 0 Å². The summed E-state index contributed by atoms with van der Waals surface area (Å²) in [5.74, 6) is 5.56. The van der Waals surface area contributed by atoms with E-state index in [1.54, 1.807) is 0 Å². The Kier molecular flexibility index (Phi) is 10.3. The summed E-state index contributed by atoms with van der Waals surface area (Å²) < 4.78 is 0. The molecule has 3 N–H and O–H groups in total. The van der Waals surface area contributed by atoms with E-state index in [1.165, 1.54) is 32.1 Å². The zero-order valence-electron chi connectivity index (χ0n) is 10.8. The maximum atomic E-state index is 5.56. The molecule has 0 saturated heterocycles. The minimum Gasteiger partial charge on any atom is -0.304 e. The van der Waals surface area contributed by atoms with Crippen LogP contribution in [-0.4, -0.2) is 30.6 Å². The first-order valence-corrected chi connectivity index (χ1v) is 6.46. The minimum absolute atomic E-state index is 0.497. The summed E-state index contributed by atoms with van der Waals surface area (Å²) in [7, 11) is 0. The summed E-state index contributed by atoms with van der Waals surface area (Å²) in [6.07, 6.45) is 6.29. The molecule has 0 aromatic heterocycles. The summed E-state index contributed by atoms with van der Waals surface area (Å²) in [6, 6.07) is 0.497. The van der Waals surface area contributed by atoms with Crippen molar-refractivity contribution in [2.75, 3.05) is 19.6 Å². The first-order chi connectivity index (χ1) is 7.28. The quantitative estimate of drug-likeness (QED) is 0.333. The van der Waals surface area contributed by atoms with Crippen molar-refractivity contribution in [3.8, 4) is 0 Å². The fourth-order valence-electron chi connectivity index (χ4n) is 1.83. The highest BCUT2D eigenvalue weighted by Gasteiger charge is 2.07. The predicted molar refractivity (Wildman–Crippen MR) is 67.7 cm³/mol. The van der Waals surface area contributed by atoms with Crippen LogP contribution in [0.3, 0.4) is 0 Å². The van der Waals surface area contributed by atoms with Crippen molar-refractivity contribution < 1.29 is 0 Å². The van der Waals surface area contributed by atoms with E-state index >= 15 is 0 Å². The molecule has 0 aliphatic rings. The maximum absolute atomic E-state index is 5.56. The summed E-state index contributed by atoms with van der Waals surface area (Å²) >= 11 is 0. The van der Waals surface area contributed by atoms with E-state index in [4.69, 9.17) is 5.84 Å². The highest BCUT2D eigenvalue weighted by molar-refractivity contribution is 4.66. The smallest absolute Gasteiger partial charge is 0.0222 e. The van der Waals surface area contributed by atoms with Gasteiger partial charge in [0.1, 0.15) is 0 Å². The van der Waals surface area contributed by atoms with Crippen molar-refractivity contribution in [1.29, 1.82) is 0 Å². The summed E-state index contributed by atoms with van der Waals surface area (Å²) in [4.78, 5) is 2.45. The molecule has 0 aliphatic carbocycles. The van der Waals surface area contributed by atoms with Crippen LogP contribution in [0.4, 0.5) is 0 Å². The molecule has 92 valence electrons. The lowest BCUT2D eigenvalue weighted by molar-refractivity contribution is 0.276. The molecule has 3 heteroatoms. The van der Waals surface area contributed by atoms with Crippen LogP contribution < -0.4 is 11.3 Å². The molecule has 0 aromatic carbocycles. The number of hydrogen-bond acceptors (Lipinski definition) is 3. The van der Waals surface area contributed by atoms with Gasteiger partial charge in [0, 0.05) is 6.04 Å². The second kappa shape index (κ2) is 10.4. The highest BCUT2D eigenvalue weighted by atomic mass is 15.2. The molecule has 0 heterocycles. The number of nitrogens with zero attached hydrogens (tertiary/aromatic N) is 1. The average molecular weight is 215 g/mol. The normalized spacial score (nSPS) is 13.4. The predicted octanol–water partition coefficient (Wildman–Crippen LogP) is 2.13. The Bertz CT molecular complexity index is 124. The van der Waals surface area contributed by atoms with Crippen LogP contribution in [0.2, 0.25) is 0 Å². The number of nitrogens with two attached hydrogens (primary N) is 1. The molecule has 3 nitrogen and oxygen atoms in total. The van der Waals surface area contributed by atoms with E-state index in [-0.39, 0.29) is 0 Å². The fourth-order valence-corrected chi connectivity index (χ4v) is 1.83. The Hall–Kier alpha value is -0.120. The minimum atomic E-state index is 0.497. The average Bonchev–Trinajstić information content (AvgIpc) is 2.28. The second-order valence-electron chi connectivity index (χ2n) is 4.17. The SMILES string of the molecule is CCCCCC(CCN(CC)CC)NN. The fraction of sp³-hybridized carbons (Fsp3) is 1.00. The van der Waals surface area contributed by atoms with Crippen molar-refractivity contribution in [2.45, 2.75) is 58.9 Å². The Labute approximate surface area is 95.4 Å². The van der Waals surface area contributed by atoms with Gasteiger partial charge in [-0.15, -0.1) is 0 Å². The van der Waals surface area contributed by atoms with E-state index < -0.39 is 0 Å². The molecule has 0 fully saturated rings. The van der Waals surface area contributed by atoms with Crippen molar-refractivity contribution >= 4 is 0 Å². The van der Waals surface area contributed by atoms with Crippen molar-refractivity contribution in [1.82, 2.24) is 10.3 Å². The molecule has 15 heavy (non-hydrogen) atoms. The third-order valence-electron chi connectivity index (χ3n) is 3.08. The lowest BCUT2D eigenvalue weighted by Crippen LogP contribution is -2.38. The molecule has 1 atom stereocenters. The van der Waals surface area contributed by atoms with Gasteiger partial charge in [0.2, 0.25) is 0 Å². The molecule has 0 saturated carbocycles. The zero-order valence-corrected chi connectivity index (χ0v) is 10.8. The largest absolute Gasteiger partial charge is 0.304 e. The summed E-state index contributed by atoms with van der Waals surface area (Å²) in [5.41, 5.74) is 2.94. The van der Waals surface area contributed by atoms with Gasteiger partial charge in [-0.25, -0.2) is 0 Å². The van der Waals surface area contributed by atoms with Crippen molar-refractivity contribution in [3.63, 3.8) is 0 Å². The van der Waals surface area contributed by atoms with Gasteiger partial charge < -0.3 is 4.90 Å². The number of rotatable bonds is 10. The van der Waals surface area contributed by atoms with Crippen molar-refractivity contribution in [3.05, 3.63) is 0 Å². The van der Waals surface area contributed by atoms with Crippen LogP contribution in [0.1, 0.15) is 52.9 Å². The van der Waals surface area contributed by atoms with Gasteiger partial charge in [-0.2, -0.15) is 0 Å². The number of hydrazine groups is 1.